The van der Waals surface area contributed by atoms with E-state index in [1.165, 1.54) is 31.7 Å². The zero-order chi connectivity index (χ0) is 27.9. The van der Waals surface area contributed by atoms with Crippen LogP contribution in [0.2, 0.25) is 0 Å². The predicted octanol–water partition coefficient (Wildman–Crippen LogP) is 5.83. The minimum atomic E-state index is -0.408. The van der Waals surface area contributed by atoms with Gasteiger partial charge in [0.05, 0.1) is 24.3 Å². The first-order valence-corrected chi connectivity index (χ1v) is 14.7. The fourth-order valence-corrected chi connectivity index (χ4v) is 6.53. The molecule has 3 aliphatic rings. The van der Waals surface area contributed by atoms with Crippen molar-refractivity contribution < 1.29 is 9.18 Å². The number of carbonyl (C=O) groups excluding carboxylic acids is 1. The summed E-state index contributed by atoms with van der Waals surface area (Å²) in [6, 6.07) is 6.98. The third kappa shape index (κ3) is 4.72. The molecule has 1 amide bonds. The standard InChI is InChI=1S/C30H34FN9O/c1-19-29(41)40(23-10-11-26(32-17-23)38-12-6-3-7-13-38)25-18-33-30(36-28(25)39(19)22-8-4-2-5-9-22)35-21-14-20-16-34-37-27(20)24(31)15-21/h10-11,14-19,22H,2-9,12-13H2,1H3,(H,34,37)(H,33,35,36)/t19-/m1/s1. The molecule has 1 aliphatic carbocycles. The molecular weight excluding hydrogens is 521 g/mol. The van der Waals surface area contributed by atoms with E-state index < -0.39 is 11.9 Å². The molecule has 2 aliphatic heterocycles. The maximum Gasteiger partial charge on any atom is 0.254 e. The summed E-state index contributed by atoms with van der Waals surface area (Å²) in [5.41, 5.74) is 2.21. The van der Waals surface area contributed by atoms with Gasteiger partial charge in [0.2, 0.25) is 5.95 Å². The molecule has 10 nitrogen and oxygen atoms in total. The molecule has 7 rings (SSSR count). The first-order chi connectivity index (χ1) is 20.1. The van der Waals surface area contributed by atoms with Gasteiger partial charge in [-0.25, -0.2) is 14.4 Å². The minimum absolute atomic E-state index is 0.0209. The van der Waals surface area contributed by atoms with Gasteiger partial charge in [0, 0.05) is 30.2 Å². The number of hydrogen-bond donors (Lipinski definition) is 2. The molecule has 0 bridgehead atoms. The lowest BCUT2D eigenvalue weighted by atomic mass is 9.92. The number of nitrogens with one attached hydrogen (secondary N) is 2. The van der Waals surface area contributed by atoms with Crippen LogP contribution in [0, 0.1) is 5.82 Å². The van der Waals surface area contributed by atoms with Gasteiger partial charge >= 0.3 is 0 Å². The van der Waals surface area contributed by atoms with E-state index in [-0.39, 0.29) is 11.9 Å². The van der Waals surface area contributed by atoms with E-state index in [4.69, 9.17) is 9.97 Å². The number of nitrogens with zero attached hydrogens (tertiary/aromatic N) is 7. The number of H-pyrrole nitrogens is 1. The molecule has 0 spiro atoms. The lowest BCUT2D eigenvalue weighted by Gasteiger charge is -2.45. The lowest BCUT2D eigenvalue weighted by molar-refractivity contribution is -0.119. The Labute approximate surface area is 238 Å². The number of halogens is 1. The average Bonchev–Trinajstić information content (AvgIpc) is 3.49. The van der Waals surface area contributed by atoms with E-state index in [2.05, 4.69) is 30.3 Å². The Bertz CT molecular complexity index is 1560. The molecule has 212 valence electrons. The van der Waals surface area contributed by atoms with E-state index in [9.17, 15) is 9.18 Å². The van der Waals surface area contributed by atoms with E-state index in [1.807, 2.05) is 19.1 Å². The van der Waals surface area contributed by atoms with Crippen molar-refractivity contribution in [3.05, 3.63) is 48.7 Å². The zero-order valence-electron chi connectivity index (χ0n) is 23.2. The molecule has 2 fully saturated rings. The van der Waals surface area contributed by atoms with Crippen LogP contribution in [0.5, 0.6) is 0 Å². The molecule has 41 heavy (non-hydrogen) atoms. The van der Waals surface area contributed by atoms with Crippen molar-refractivity contribution in [2.75, 3.05) is 33.1 Å². The zero-order valence-corrected chi connectivity index (χ0v) is 23.2. The summed E-state index contributed by atoms with van der Waals surface area (Å²) in [4.78, 5) is 34.4. The summed E-state index contributed by atoms with van der Waals surface area (Å²) in [7, 11) is 0. The summed E-state index contributed by atoms with van der Waals surface area (Å²) in [6.07, 6.45) is 14.1. The maximum absolute atomic E-state index is 14.6. The summed E-state index contributed by atoms with van der Waals surface area (Å²) in [6.45, 7) is 3.97. The van der Waals surface area contributed by atoms with Crippen molar-refractivity contribution in [2.45, 2.75) is 70.4 Å². The van der Waals surface area contributed by atoms with Gasteiger partial charge in [-0.3, -0.25) is 14.8 Å². The number of piperidine rings is 1. The van der Waals surface area contributed by atoms with Gasteiger partial charge in [0.15, 0.2) is 11.6 Å². The predicted molar refractivity (Wildman–Crippen MR) is 158 cm³/mol. The van der Waals surface area contributed by atoms with E-state index >= 15 is 0 Å². The average molecular weight is 556 g/mol. The Morgan fingerprint density at radius 1 is 0.976 bits per heavy atom. The minimum Gasteiger partial charge on any atom is -0.357 e. The van der Waals surface area contributed by atoms with Crippen LogP contribution in [-0.2, 0) is 4.79 Å². The fourth-order valence-electron chi connectivity index (χ4n) is 6.53. The van der Waals surface area contributed by atoms with Gasteiger partial charge < -0.3 is 15.1 Å². The summed E-state index contributed by atoms with van der Waals surface area (Å²) < 4.78 is 14.6. The monoisotopic (exact) mass is 555 g/mol. The number of pyridine rings is 1. The van der Waals surface area contributed by atoms with Crippen LogP contribution >= 0.6 is 0 Å². The first-order valence-electron chi connectivity index (χ1n) is 14.7. The molecule has 2 N–H and O–H groups in total. The summed E-state index contributed by atoms with van der Waals surface area (Å²) in [5, 5.41) is 10.4. The highest BCUT2D eigenvalue weighted by Crippen LogP contribution is 2.42. The number of benzene rings is 1. The van der Waals surface area contributed by atoms with Crippen LogP contribution in [0.15, 0.2) is 42.9 Å². The van der Waals surface area contributed by atoms with Crippen LogP contribution in [0.1, 0.15) is 58.3 Å². The van der Waals surface area contributed by atoms with Crippen molar-refractivity contribution in [2.24, 2.45) is 0 Å². The van der Waals surface area contributed by atoms with Crippen LogP contribution in [0.25, 0.3) is 10.9 Å². The topological polar surface area (TPSA) is 106 Å². The van der Waals surface area contributed by atoms with Crippen LogP contribution in [-0.4, -0.2) is 56.2 Å². The smallest absolute Gasteiger partial charge is 0.254 e. The second-order valence-corrected chi connectivity index (χ2v) is 11.3. The van der Waals surface area contributed by atoms with Gasteiger partial charge in [0.1, 0.15) is 23.1 Å². The third-order valence-electron chi connectivity index (χ3n) is 8.63. The Kier molecular flexibility index (Phi) is 6.64. The van der Waals surface area contributed by atoms with E-state index in [1.54, 1.807) is 29.6 Å². The molecule has 1 aromatic carbocycles. The first kappa shape index (κ1) is 25.7. The molecule has 5 heterocycles. The molecule has 1 saturated heterocycles. The Morgan fingerprint density at radius 2 is 1.78 bits per heavy atom. The van der Waals surface area contributed by atoms with Gasteiger partial charge in [-0.15, -0.1) is 0 Å². The molecule has 3 aromatic heterocycles. The normalized spacial score (nSPS) is 20.0. The number of amides is 1. The van der Waals surface area contributed by atoms with E-state index in [0.29, 0.717) is 39.7 Å². The molecule has 4 aromatic rings. The van der Waals surface area contributed by atoms with Crippen molar-refractivity contribution >= 4 is 51.5 Å². The SMILES string of the molecule is C[C@@H]1C(=O)N(c2ccc(N3CCCCC3)nc2)c2cnc(Nc3cc(F)c4[nH]ncc4c3)nc2N1C1CCCCC1. The molecule has 1 atom stereocenters. The van der Waals surface area contributed by atoms with Crippen molar-refractivity contribution in [1.82, 2.24) is 25.1 Å². The van der Waals surface area contributed by atoms with Crippen molar-refractivity contribution in [3.8, 4) is 0 Å². The maximum atomic E-state index is 14.6. The number of carbonyl (C=O) groups is 1. The molecule has 0 unspecified atom stereocenters. The summed E-state index contributed by atoms with van der Waals surface area (Å²) >= 11 is 0. The van der Waals surface area contributed by atoms with Gasteiger partial charge in [-0.1, -0.05) is 19.3 Å². The van der Waals surface area contributed by atoms with Crippen LogP contribution in [0.4, 0.5) is 39.0 Å². The highest BCUT2D eigenvalue weighted by Gasteiger charge is 2.41. The lowest BCUT2D eigenvalue weighted by Crippen LogP contribution is -2.55. The van der Waals surface area contributed by atoms with Crippen LogP contribution in [0.3, 0.4) is 0 Å². The number of hydrogen-bond acceptors (Lipinski definition) is 8. The quantitative estimate of drug-likeness (QED) is 0.317. The van der Waals surface area contributed by atoms with Gasteiger partial charge in [0.25, 0.3) is 5.91 Å². The number of rotatable bonds is 5. The van der Waals surface area contributed by atoms with Crippen LogP contribution < -0.4 is 20.0 Å². The number of aromatic amines is 1. The molecular formula is C30H34FN9O. The molecule has 0 radical (unpaired) electrons. The number of aromatic nitrogens is 5. The van der Waals surface area contributed by atoms with Crippen molar-refractivity contribution in [3.63, 3.8) is 0 Å². The van der Waals surface area contributed by atoms with E-state index in [0.717, 1.165) is 44.6 Å². The molecule has 1 saturated carbocycles. The van der Waals surface area contributed by atoms with Gasteiger partial charge in [-0.2, -0.15) is 10.1 Å². The highest BCUT2D eigenvalue weighted by molar-refractivity contribution is 6.09. The number of fused-ring (bicyclic) bond motifs is 2. The Balaban J connectivity index is 1.26. The second kappa shape index (κ2) is 10.6. The van der Waals surface area contributed by atoms with Crippen molar-refractivity contribution in [1.29, 1.82) is 0 Å². The second-order valence-electron chi connectivity index (χ2n) is 11.3. The largest absolute Gasteiger partial charge is 0.357 e. The van der Waals surface area contributed by atoms with Gasteiger partial charge in [-0.05, 0) is 63.3 Å². The Hall–Kier alpha value is -4.28. The summed E-state index contributed by atoms with van der Waals surface area (Å²) in [5.74, 6) is 1.55. The third-order valence-corrected chi connectivity index (χ3v) is 8.63. The Morgan fingerprint density at radius 3 is 2.56 bits per heavy atom. The highest BCUT2D eigenvalue weighted by atomic mass is 19.1. The number of anilines is 6. The fraction of sp³-hybridized carbons (Fsp3) is 0.433. The molecule has 11 heteroatoms.